The average molecular weight is 219 g/mol. The van der Waals surface area contributed by atoms with Gasteiger partial charge in [0.25, 0.3) is 0 Å². The molecule has 1 aromatic rings. The third-order valence-corrected chi connectivity index (χ3v) is 2.04. The normalized spacial score (nSPS) is 12.5. The number of nitrogen functional groups attached to an aromatic ring is 1. The van der Waals surface area contributed by atoms with E-state index in [9.17, 15) is 9.18 Å². The number of anilines is 1. The van der Waals surface area contributed by atoms with E-state index in [1.165, 1.54) is 6.07 Å². The molecule has 1 aromatic carbocycles. The van der Waals surface area contributed by atoms with Gasteiger partial charge in [0.1, 0.15) is 11.9 Å². The zero-order valence-corrected chi connectivity index (χ0v) is 7.75. The SMILES string of the molecule is Nc1c(F)cc([C@H](N)C(=O)O)cc1Cl. The van der Waals surface area contributed by atoms with E-state index in [2.05, 4.69) is 0 Å². The van der Waals surface area contributed by atoms with E-state index in [0.29, 0.717) is 0 Å². The predicted octanol–water partition coefficient (Wildman–Crippen LogP) is 1.15. The Morgan fingerprint density at radius 3 is 2.57 bits per heavy atom. The van der Waals surface area contributed by atoms with Gasteiger partial charge in [-0.15, -0.1) is 0 Å². The molecule has 0 amide bonds. The Hall–Kier alpha value is -1.33. The second-order valence-corrected chi connectivity index (χ2v) is 3.12. The molecule has 0 fully saturated rings. The Bertz CT molecular complexity index is 361. The van der Waals surface area contributed by atoms with Crippen LogP contribution in [0.2, 0.25) is 5.02 Å². The van der Waals surface area contributed by atoms with Crippen molar-refractivity contribution in [3.63, 3.8) is 0 Å². The molecule has 0 aliphatic rings. The number of carbonyl (C=O) groups is 1. The van der Waals surface area contributed by atoms with Crippen LogP contribution in [0.15, 0.2) is 12.1 Å². The van der Waals surface area contributed by atoms with Gasteiger partial charge in [-0.25, -0.2) is 4.39 Å². The summed E-state index contributed by atoms with van der Waals surface area (Å²) in [7, 11) is 0. The molecule has 0 saturated heterocycles. The molecular weight excluding hydrogens is 211 g/mol. The number of rotatable bonds is 2. The van der Waals surface area contributed by atoms with Crippen LogP contribution in [0.5, 0.6) is 0 Å². The van der Waals surface area contributed by atoms with E-state index in [1.54, 1.807) is 0 Å². The van der Waals surface area contributed by atoms with Crippen LogP contribution in [0.1, 0.15) is 11.6 Å². The highest BCUT2D eigenvalue weighted by Gasteiger charge is 2.17. The molecule has 0 aliphatic heterocycles. The fraction of sp³-hybridized carbons (Fsp3) is 0.125. The van der Waals surface area contributed by atoms with Crippen molar-refractivity contribution in [2.45, 2.75) is 6.04 Å². The number of benzene rings is 1. The Labute approximate surface area is 84.3 Å². The summed E-state index contributed by atoms with van der Waals surface area (Å²) in [5, 5.41) is 8.52. The lowest BCUT2D eigenvalue weighted by Crippen LogP contribution is -2.20. The molecule has 0 heterocycles. The van der Waals surface area contributed by atoms with Gasteiger partial charge in [-0.2, -0.15) is 0 Å². The summed E-state index contributed by atoms with van der Waals surface area (Å²) in [5.74, 6) is -2.03. The number of nitrogens with two attached hydrogens (primary N) is 2. The van der Waals surface area contributed by atoms with Crippen molar-refractivity contribution in [3.8, 4) is 0 Å². The molecule has 5 N–H and O–H groups in total. The van der Waals surface area contributed by atoms with Gasteiger partial charge in [0, 0.05) is 0 Å². The molecule has 1 rings (SSSR count). The van der Waals surface area contributed by atoms with E-state index in [1.807, 2.05) is 0 Å². The summed E-state index contributed by atoms with van der Waals surface area (Å²) in [6.07, 6.45) is 0. The van der Waals surface area contributed by atoms with Gasteiger partial charge < -0.3 is 16.6 Å². The predicted molar refractivity (Wildman–Crippen MR) is 50.4 cm³/mol. The first-order valence-electron chi connectivity index (χ1n) is 3.66. The first kappa shape index (κ1) is 10.7. The molecular formula is C8H8ClFN2O2. The smallest absolute Gasteiger partial charge is 0.325 e. The van der Waals surface area contributed by atoms with E-state index in [4.69, 9.17) is 28.2 Å². The summed E-state index contributed by atoms with van der Waals surface area (Å²) in [4.78, 5) is 10.5. The van der Waals surface area contributed by atoms with Crippen LogP contribution in [-0.4, -0.2) is 11.1 Å². The molecule has 4 nitrogen and oxygen atoms in total. The van der Waals surface area contributed by atoms with Gasteiger partial charge in [-0.05, 0) is 17.7 Å². The van der Waals surface area contributed by atoms with Crippen LogP contribution >= 0.6 is 11.6 Å². The topological polar surface area (TPSA) is 89.3 Å². The molecule has 0 saturated carbocycles. The van der Waals surface area contributed by atoms with Crippen LogP contribution < -0.4 is 11.5 Å². The summed E-state index contributed by atoms with van der Waals surface area (Å²) < 4.78 is 13.0. The molecule has 6 heteroatoms. The molecule has 14 heavy (non-hydrogen) atoms. The second-order valence-electron chi connectivity index (χ2n) is 2.71. The van der Waals surface area contributed by atoms with Crippen LogP contribution in [-0.2, 0) is 4.79 Å². The maximum atomic E-state index is 13.0. The second kappa shape index (κ2) is 3.81. The Kier molecular flexibility index (Phi) is 2.93. The standard InChI is InChI=1S/C8H8ClFN2O2/c9-4-1-3(6(11)8(13)14)2-5(10)7(4)12/h1-2,6H,11-12H2,(H,13,14)/t6-/m0/s1. The molecule has 0 aromatic heterocycles. The van der Waals surface area contributed by atoms with Crippen molar-refractivity contribution in [2.24, 2.45) is 5.73 Å². The van der Waals surface area contributed by atoms with Crippen molar-refractivity contribution in [1.82, 2.24) is 0 Å². The van der Waals surface area contributed by atoms with Gasteiger partial charge in [0.2, 0.25) is 0 Å². The third-order valence-electron chi connectivity index (χ3n) is 1.73. The minimum absolute atomic E-state index is 0.0447. The highest BCUT2D eigenvalue weighted by Crippen LogP contribution is 2.26. The maximum Gasteiger partial charge on any atom is 0.325 e. The van der Waals surface area contributed by atoms with Gasteiger partial charge in [-0.1, -0.05) is 11.6 Å². The van der Waals surface area contributed by atoms with E-state index in [-0.39, 0.29) is 16.3 Å². The molecule has 0 aliphatic carbocycles. The molecule has 0 bridgehead atoms. The molecule has 0 radical (unpaired) electrons. The van der Waals surface area contributed by atoms with Crippen molar-refractivity contribution in [1.29, 1.82) is 0 Å². The quantitative estimate of drug-likeness (QED) is 0.650. The van der Waals surface area contributed by atoms with Crippen LogP contribution in [0.4, 0.5) is 10.1 Å². The lowest BCUT2D eigenvalue weighted by atomic mass is 10.1. The highest BCUT2D eigenvalue weighted by atomic mass is 35.5. The van der Waals surface area contributed by atoms with Crippen molar-refractivity contribution < 1.29 is 14.3 Å². The molecule has 76 valence electrons. The third kappa shape index (κ3) is 1.94. The first-order chi connectivity index (χ1) is 6.43. The molecule has 0 unspecified atom stereocenters. The first-order valence-corrected chi connectivity index (χ1v) is 4.04. The van der Waals surface area contributed by atoms with Crippen molar-refractivity contribution in [2.75, 3.05) is 5.73 Å². The number of carboxylic acid groups (broad SMARTS) is 1. The molecule has 1 atom stereocenters. The Balaban J connectivity index is 3.19. The summed E-state index contributed by atoms with van der Waals surface area (Å²) in [5.41, 5.74) is 10.4. The monoisotopic (exact) mass is 218 g/mol. The van der Waals surface area contributed by atoms with Crippen LogP contribution in [0.3, 0.4) is 0 Å². The minimum Gasteiger partial charge on any atom is -0.480 e. The molecule has 0 spiro atoms. The largest absolute Gasteiger partial charge is 0.480 e. The lowest BCUT2D eigenvalue weighted by molar-refractivity contribution is -0.138. The van der Waals surface area contributed by atoms with Crippen LogP contribution in [0, 0.1) is 5.82 Å². The van der Waals surface area contributed by atoms with E-state index in [0.717, 1.165) is 6.07 Å². The number of carboxylic acids is 1. The summed E-state index contributed by atoms with van der Waals surface area (Å²) >= 11 is 5.55. The lowest BCUT2D eigenvalue weighted by Gasteiger charge is -2.08. The number of halogens is 2. The van der Waals surface area contributed by atoms with Gasteiger partial charge in [0.15, 0.2) is 0 Å². The van der Waals surface area contributed by atoms with Crippen LogP contribution in [0.25, 0.3) is 0 Å². The number of hydrogen-bond donors (Lipinski definition) is 3. The number of aliphatic carboxylic acids is 1. The van der Waals surface area contributed by atoms with Crippen molar-refractivity contribution >= 4 is 23.3 Å². The fourth-order valence-electron chi connectivity index (χ4n) is 0.926. The highest BCUT2D eigenvalue weighted by molar-refractivity contribution is 6.33. The Morgan fingerprint density at radius 1 is 1.57 bits per heavy atom. The van der Waals surface area contributed by atoms with Gasteiger partial charge in [0.05, 0.1) is 10.7 Å². The maximum absolute atomic E-state index is 13.0. The van der Waals surface area contributed by atoms with Gasteiger partial charge in [-0.3, -0.25) is 4.79 Å². The minimum atomic E-state index is -1.30. The van der Waals surface area contributed by atoms with E-state index < -0.39 is 17.8 Å². The zero-order chi connectivity index (χ0) is 10.9. The van der Waals surface area contributed by atoms with Gasteiger partial charge >= 0.3 is 5.97 Å². The van der Waals surface area contributed by atoms with E-state index >= 15 is 0 Å². The summed E-state index contributed by atoms with van der Waals surface area (Å²) in [6.45, 7) is 0. The Morgan fingerprint density at radius 2 is 2.14 bits per heavy atom. The number of hydrogen-bond acceptors (Lipinski definition) is 3. The fourth-order valence-corrected chi connectivity index (χ4v) is 1.14. The van der Waals surface area contributed by atoms with Crippen molar-refractivity contribution in [3.05, 3.63) is 28.5 Å². The average Bonchev–Trinajstić information content (AvgIpc) is 2.12. The zero-order valence-electron chi connectivity index (χ0n) is 7.00. The summed E-state index contributed by atoms with van der Waals surface area (Å²) in [6, 6.07) is 0.890.